The van der Waals surface area contributed by atoms with Crippen molar-refractivity contribution in [1.29, 1.82) is 0 Å². The van der Waals surface area contributed by atoms with E-state index in [1.54, 1.807) is 24.8 Å². The maximum absolute atomic E-state index is 12.5. The Balaban J connectivity index is 1.79. The Bertz CT molecular complexity index is 1200. The molecule has 0 fully saturated rings. The molecule has 4 aromatic rings. The van der Waals surface area contributed by atoms with E-state index in [9.17, 15) is 4.79 Å². The Morgan fingerprint density at radius 2 is 1.90 bits per heavy atom. The molecule has 0 spiro atoms. The number of methoxy groups -OCH3 is 1. The summed E-state index contributed by atoms with van der Waals surface area (Å²) in [5.74, 6) is 0.228. The number of nitrogens with zero attached hydrogens (tertiary/aromatic N) is 4. The molecule has 2 aromatic heterocycles. The number of pyridine rings is 1. The van der Waals surface area contributed by atoms with Crippen LogP contribution in [0.4, 0.5) is 0 Å². The van der Waals surface area contributed by atoms with Crippen LogP contribution in [0.25, 0.3) is 22.3 Å². The molecule has 30 heavy (non-hydrogen) atoms. The highest BCUT2D eigenvalue weighted by Crippen LogP contribution is 2.26. The molecule has 0 amide bonds. The summed E-state index contributed by atoms with van der Waals surface area (Å²) < 4.78 is 12.0. The second-order valence-electron chi connectivity index (χ2n) is 6.55. The molecule has 0 aliphatic rings. The highest BCUT2D eigenvalue weighted by atomic mass is 35.5. The minimum absolute atomic E-state index is 0.131. The first kappa shape index (κ1) is 19.8. The van der Waals surface area contributed by atoms with Gasteiger partial charge in [0.05, 0.1) is 31.5 Å². The molecule has 152 valence electrons. The fourth-order valence-corrected chi connectivity index (χ4v) is 3.33. The molecule has 2 aromatic carbocycles. The standard InChI is InChI=1S/C22H19ClN4O3/c1-3-30-22(28)20-21(19-10-6-15-12-16(23)7-11-18(15)24-19)27(26-25-20)13-14-4-8-17(29-2)9-5-14/h4-12H,3,13H2,1-2H3. The number of carbonyl (C=O) groups is 1. The average molecular weight is 423 g/mol. The van der Waals surface area contributed by atoms with Crippen LogP contribution in [0.1, 0.15) is 23.0 Å². The van der Waals surface area contributed by atoms with Crippen molar-refractivity contribution in [2.75, 3.05) is 13.7 Å². The molecule has 4 rings (SSSR count). The maximum atomic E-state index is 12.5. The zero-order valence-electron chi connectivity index (χ0n) is 16.5. The van der Waals surface area contributed by atoms with Crippen LogP contribution in [0.15, 0.2) is 54.6 Å². The summed E-state index contributed by atoms with van der Waals surface area (Å²) in [6.45, 7) is 2.40. The summed E-state index contributed by atoms with van der Waals surface area (Å²) >= 11 is 6.07. The Hall–Kier alpha value is -3.45. The number of rotatable bonds is 6. The fraction of sp³-hybridized carbons (Fsp3) is 0.182. The third-order valence-corrected chi connectivity index (χ3v) is 4.82. The van der Waals surface area contributed by atoms with Crippen LogP contribution in [0.2, 0.25) is 5.02 Å². The maximum Gasteiger partial charge on any atom is 0.361 e. The highest BCUT2D eigenvalue weighted by molar-refractivity contribution is 6.31. The van der Waals surface area contributed by atoms with Crippen LogP contribution >= 0.6 is 11.6 Å². The van der Waals surface area contributed by atoms with Crippen molar-refractivity contribution < 1.29 is 14.3 Å². The Morgan fingerprint density at radius 3 is 2.63 bits per heavy atom. The number of halogens is 1. The number of esters is 1. The number of benzene rings is 2. The minimum atomic E-state index is -0.536. The lowest BCUT2D eigenvalue weighted by molar-refractivity contribution is 0.0520. The topological polar surface area (TPSA) is 79.1 Å². The molecule has 7 nitrogen and oxygen atoms in total. The monoisotopic (exact) mass is 422 g/mol. The van der Waals surface area contributed by atoms with Crippen molar-refractivity contribution in [1.82, 2.24) is 20.0 Å². The Kier molecular flexibility index (Phi) is 5.63. The fourth-order valence-electron chi connectivity index (χ4n) is 3.15. The normalized spacial score (nSPS) is 10.9. The molecule has 0 aliphatic heterocycles. The van der Waals surface area contributed by atoms with Gasteiger partial charge in [-0.25, -0.2) is 14.5 Å². The summed E-state index contributed by atoms with van der Waals surface area (Å²) in [6.07, 6.45) is 0. The van der Waals surface area contributed by atoms with Crippen LogP contribution < -0.4 is 4.74 Å². The molecule has 0 aliphatic carbocycles. The molecule has 0 radical (unpaired) electrons. The van der Waals surface area contributed by atoms with E-state index in [-0.39, 0.29) is 12.3 Å². The number of ether oxygens (including phenoxy) is 2. The molecule has 2 heterocycles. The highest BCUT2D eigenvalue weighted by Gasteiger charge is 2.23. The van der Waals surface area contributed by atoms with Crippen molar-refractivity contribution in [2.45, 2.75) is 13.5 Å². The largest absolute Gasteiger partial charge is 0.497 e. The predicted molar refractivity (Wildman–Crippen MR) is 114 cm³/mol. The van der Waals surface area contributed by atoms with E-state index in [1.165, 1.54) is 0 Å². The van der Waals surface area contributed by atoms with Gasteiger partial charge in [0.2, 0.25) is 0 Å². The zero-order valence-corrected chi connectivity index (χ0v) is 17.3. The van der Waals surface area contributed by atoms with Gasteiger partial charge in [0.25, 0.3) is 0 Å². The second-order valence-corrected chi connectivity index (χ2v) is 6.98. The van der Waals surface area contributed by atoms with Crippen LogP contribution in [0, 0.1) is 0 Å². The number of hydrogen-bond acceptors (Lipinski definition) is 6. The number of aromatic nitrogens is 4. The molecular weight excluding hydrogens is 404 g/mol. The number of hydrogen-bond donors (Lipinski definition) is 0. The predicted octanol–water partition coefficient (Wildman–Crippen LogP) is 4.38. The van der Waals surface area contributed by atoms with E-state index in [0.29, 0.717) is 23.0 Å². The first-order valence-electron chi connectivity index (χ1n) is 9.39. The third kappa shape index (κ3) is 3.97. The van der Waals surface area contributed by atoms with Crippen molar-refractivity contribution >= 4 is 28.5 Å². The lowest BCUT2D eigenvalue weighted by Gasteiger charge is -2.09. The van der Waals surface area contributed by atoms with Gasteiger partial charge < -0.3 is 9.47 Å². The first-order chi connectivity index (χ1) is 14.6. The molecule has 0 saturated heterocycles. The SMILES string of the molecule is CCOC(=O)c1nnn(Cc2ccc(OC)cc2)c1-c1ccc2cc(Cl)ccc2n1. The van der Waals surface area contributed by atoms with E-state index in [4.69, 9.17) is 26.1 Å². The van der Waals surface area contributed by atoms with E-state index in [2.05, 4.69) is 10.3 Å². The number of carbonyl (C=O) groups excluding carboxylic acids is 1. The average Bonchev–Trinajstić information content (AvgIpc) is 3.17. The van der Waals surface area contributed by atoms with Crippen molar-refractivity contribution in [3.63, 3.8) is 0 Å². The van der Waals surface area contributed by atoms with Crippen molar-refractivity contribution in [3.8, 4) is 17.1 Å². The van der Waals surface area contributed by atoms with Crippen LogP contribution in [0.3, 0.4) is 0 Å². The van der Waals surface area contributed by atoms with Gasteiger partial charge in [0.1, 0.15) is 11.4 Å². The Labute approximate surface area is 178 Å². The smallest absolute Gasteiger partial charge is 0.361 e. The number of fused-ring (bicyclic) bond motifs is 1. The third-order valence-electron chi connectivity index (χ3n) is 4.59. The van der Waals surface area contributed by atoms with Gasteiger partial charge in [-0.2, -0.15) is 0 Å². The molecule has 0 N–H and O–H groups in total. The van der Waals surface area contributed by atoms with Crippen LogP contribution in [-0.2, 0) is 11.3 Å². The van der Waals surface area contributed by atoms with Gasteiger partial charge in [0, 0.05) is 10.4 Å². The van der Waals surface area contributed by atoms with Crippen molar-refractivity contribution in [3.05, 3.63) is 70.9 Å². The first-order valence-corrected chi connectivity index (χ1v) is 9.77. The minimum Gasteiger partial charge on any atom is -0.497 e. The summed E-state index contributed by atoms with van der Waals surface area (Å²) in [6, 6.07) is 16.8. The lowest BCUT2D eigenvalue weighted by Crippen LogP contribution is -2.09. The van der Waals surface area contributed by atoms with Gasteiger partial charge in [-0.1, -0.05) is 35.0 Å². The summed E-state index contributed by atoms with van der Waals surface area (Å²) in [5.41, 5.74) is 2.94. The molecule has 8 heteroatoms. The summed E-state index contributed by atoms with van der Waals surface area (Å²) in [7, 11) is 1.62. The van der Waals surface area contributed by atoms with Crippen molar-refractivity contribution in [2.24, 2.45) is 0 Å². The molecule has 0 saturated carbocycles. The van der Waals surface area contributed by atoms with E-state index in [1.807, 2.05) is 48.5 Å². The van der Waals surface area contributed by atoms with Gasteiger partial charge in [-0.3, -0.25) is 0 Å². The Morgan fingerprint density at radius 1 is 1.10 bits per heavy atom. The summed E-state index contributed by atoms with van der Waals surface area (Å²) in [4.78, 5) is 17.2. The lowest BCUT2D eigenvalue weighted by atomic mass is 10.1. The van der Waals surface area contributed by atoms with E-state index in [0.717, 1.165) is 22.2 Å². The van der Waals surface area contributed by atoms with Gasteiger partial charge in [-0.05, 0) is 48.9 Å². The van der Waals surface area contributed by atoms with Crippen LogP contribution in [-0.4, -0.2) is 39.7 Å². The quantitative estimate of drug-likeness (QED) is 0.429. The van der Waals surface area contributed by atoms with Gasteiger partial charge in [0.15, 0.2) is 5.69 Å². The molecular formula is C22H19ClN4O3. The molecule has 0 atom stereocenters. The summed E-state index contributed by atoms with van der Waals surface area (Å²) in [5, 5.41) is 9.82. The van der Waals surface area contributed by atoms with E-state index >= 15 is 0 Å². The molecule has 0 bridgehead atoms. The second kappa shape index (κ2) is 8.51. The van der Waals surface area contributed by atoms with E-state index < -0.39 is 5.97 Å². The molecule has 0 unspecified atom stereocenters. The van der Waals surface area contributed by atoms with Gasteiger partial charge in [-0.15, -0.1) is 5.10 Å². The zero-order chi connectivity index (χ0) is 21.1. The van der Waals surface area contributed by atoms with Gasteiger partial charge >= 0.3 is 5.97 Å². The van der Waals surface area contributed by atoms with Crippen LogP contribution in [0.5, 0.6) is 5.75 Å².